The van der Waals surface area contributed by atoms with Crippen molar-refractivity contribution in [2.24, 2.45) is 0 Å². The van der Waals surface area contributed by atoms with E-state index >= 15 is 0 Å². The standard InChI is InChI=1S/C27H43N2.Au.ClH/c1-22(2)25-17-14-18-26(23(3)4)27(25)29-20-19-28(21-29)24-15-12-10-8-6-5-7-9-11-13-16-24;;/h14,17-24H,5-13,15-16H2,1-4H3;;1H/q-1;+1;/p-1. The zero-order chi connectivity index (χ0) is 22.6. The SMILES string of the molecule is CC(C)c1cccc(C(C)C)c1N1C=CN(C2CCCCCCCCCCC2)[CH-]1.[Cl][Au]. The molecule has 3 rings (SSSR count). The Hall–Kier alpha value is -0.410. The first-order valence-electron chi connectivity index (χ1n) is 12.4. The van der Waals surface area contributed by atoms with Crippen molar-refractivity contribution in [1.29, 1.82) is 0 Å². The fourth-order valence-corrected chi connectivity index (χ4v) is 4.97. The van der Waals surface area contributed by atoms with Crippen LogP contribution in [0.3, 0.4) is 0 Å². The Labute approximate surface area is 208 Å². The van der Waals surface area contributed by atoms with Crippen LogP contribution in [0.15, 0.2) is 30.6 Å². The van der Waals surface area contributed by atoms with Gasteiger partial charge in [-0.25, -0.2) is 0 Å². The molecule has 1 aromatic rings. The van der Waals surface area contributed by atoms with Crippen LogP contribution in [0.1, 0.15) is 121 Å². The molecule has 1 saturated carbocycles. The zero-order valence-electron chi connectivity index (χ0n) is 20.0. The van der Waals surface area contributed by atoms with Gasteiger partial charge < -0.3 is 9.80 Å². The van der Waals surface area contributed by atoms with E-state index in [4.69, 9.17) is 0 Å². The molecule has 1 heterocycles. The molecule has 0 bridgehead atoms. The zero-order valence-corrected chi connectivity index (χ0v) is 23.0. The van der Waals surface area contributed by atoms with E-state index in [2.05, 4.69) is 84.0 Å². The van der Waals surface area contributed by atoms with Crippen molar-refractivity contribution in [3.05, 3.63) is 48.4 Å². The summed E-state index contributed by atoms with van der Waals surface area (Å²) in [5.74, 6) is 1.06. The third-order valence-electron chi connectivity index (χ3n) is 6.75. The van der Waals surface area contributed by atoms with Crippen molar-refractivity contribution < 1.29 is 20.0 Å². The van der Waals surface area contributed by atoms with E-state index in [0.717, 1.165) is 0 Å². The summed E-state index contributed by atoms with van der Waals surface area (Å²) >= 11 is 1.75. The van der Waals surface area contributed by atoms with Crippen LogP contribution < -0.4 is 4.90 Å². The van der Waals surface area contributed by atoms with Gasteiger partial charge in [0.15, 0.2) is 0 Å². The summed E-state index contributed by atoms with van der Waals surface area (Å²) < 4.78 is 0. The fraction of sp³-hybridized carbons (Fsp3) is 0.667. The van der Waals surface area contributed by atoms with Crippen LogP contribution in [0.2, 0.25) is 0 Å². The van der Waals surface area contributed by atoms with Gasteiger partial charge in [-0.3, -0.25) is 0 Å². The first kappa shape index (κ1) is 26.8. The van der Waals surface area contributed by atoms with E-state index in [-0.39, 0.29) is 0 Å². The van der Waals surface area contributed by atoms with E-state index in [0.29, 0.717) is 17.9 Å². The quantitative estimate of drug-likeness (QED) is 0.243. The normalized spacial score (nSPS) is 19.3. The third-order valence-corrected chi connectivity index (χ3v) is 6.75. The van der Waals surface area contributed by atoms with Crippen molar-refractivity contribution in [3.63, 3.8) is 0 Å². The average molecular weight is 628 g/mol. The van der Waals surface area contributed by atoms with Crippen LogP contribution in [-0.4, -0.2) is 10.9 Å². The van der Waals surface area contributed by atoms with Gasteiger partial charge in [-0.1, -0.05) is 104 Å². The monoisotopic (exact) mass is 627 g/mol. The average Bonchev–Trinajstić information content (AvgIpc) is 3.24. The van der Waals surface area contributed by atoms with Gasteiger partial charge in [-0.15, -0.1) is 0 Å². The minimum atomic E-state index is 0.529. The van der Waals surface area contributed by atoms with E-state index in [9.17, 15) is 0 Å². The van der Waals surface area contributed by atoms with Crippen LogP contribution in [0.5, 0.6) is 0 Å². The van der Waals surface area contributed by atoms with Gasteiger partial charge in [0.2, 0.25) is 0 Å². The molecule has 0 spiro atoms. The summed E-state index contributed by atoms with van der Waals surface area (Å²) in [4.78, 5) is 4.92. The second-order valence-electron chi connectivity index (χ2n) is 9.78. The van der Waals surface area contributed by atoms with Gasteiger partial charge >= 0.3 is 29.2 Å². The van der Waals surface area contributed by atoms with Crippen molar-refractivity contribution >= 4 is 14.9 Å². The summed E-state index contributed by atoms with van der Waals surface area (Å²) in [7, 11) is 4.58. The number of para-hydroxylation sites is 1. The van der Waals surface area contributed by atoms with Crippen LogP contribution >= 0.6 is 9.19 Å². The molecule has 0 atom stereocenters. The van der Waals surface area contributed by atoms with Crippen molar-refractivity contribution in [1.82, 2.24) is 4.90 Å². The fourth-order valence-electron chi connectivity index (χ4n) is 4.97. The van der Waals surface area contributed by atoms with E-state index in [1.54, 1.807) is 20.0 Å². The van der Waals surface area contributed by atoms with Crippen molar-refractivity contribution in [2.45, 2.75) is 116 Å². The van der Waals surface area contributed by atoms with Crippen LogP contribution in [0, 0.1) is 6.67 Å². The van der Waals surface area contributed by atoms with Gasteiger partial charge in [0.05, 0.1) is 0 Å². The second kappa shape index (κ2) is 14.7. The molecule has 2 aliphatic rings. The number of hydrogen-bond acceptors (Lipinski definition) is 2. The molecule has 0 saturated heterocycles. The molecule has 1 fully saturated rings. The molecule has 1 aromatic carbocycles. The summed E-state index contributed by atoms with van der Waals surface area (Å²) in [6, 6.07) is 7.51. The number of benzene rings is 1. The van der Waals surface area contributed by atoms with Gasteiger partial charge in [-0.2, -0.15) is 6.67 Å². The number of hydrogen-bond donors (Lipinski definition) is 0. The number of rotatable bonds is 4. The Morgan fingerprint density at radius 2 is 1.23 bits per heavy atom. The second-order valence-corrected chi connectivity index (χ2v) is 9.78. The Balaban J connectivity index is 0.00000166. The summed E-state index contributed by atoms with van der Waals surface area (Å²) in [6.45, 7) is 11.6. The molecule has 1 aliphatic carbocycles. The predicted octanol–water partition coefficient (Wildman–Crippen LogP) is 9.01. The van der Waals surface area contributed by atoms with Crippen LogP contribution in [0.4, 0.5) is 5.69 Å². The predicted molar refractivity (Wildman–Crippen MR) is 133 cm³/mol. The molecule has 0 amide bonds. The maximum atomic E-state index is 4.58. The van der Waals surface area contributed by atoms with Crippen molar-refractivity contribution in [2.75, 3.05) is 4.90 Å². The van der Waals surface area contributed by atoms with Crippen molar-refractivity contribution in [3.8, 4) is 0 Å². The summed E-state index contributed by atoms with van der Waals surface area (Å²) in [6.07, 6.45) is 20.1. The first-order chi connectivity index (χ1) is 15.1. The van der Waals surface area contributed by atoms with Gasteiger partial charge in [-0.05, 0) is 48.2 Å². The Morgan fingerprint density at radius 1 is 0.774 bits per heavy atom. The molecule has 0 radical (unpaired) electrons. The molecular weight excluding hydrogens is 585 g/mol. The number of nitrogens with zero attached hydrogens (tertiary/aromatic N) is 2. The molecule has 2 nitrogen and oxygen atoms in total. The molecule has 0 unspecified atom stereocenters. The van der Waals surface area contributed by atoms with Gasteiger partial charge in [0.25, 0.3) is 0 Å². The molecule has 1 aliphatic heterocycles. The molecular formula is C27H43AuClN2-. The molecule has 180 valence electrons. The van der Waals surface area contributed by atoms with Gasteiger partial charge in [0.1, 0.15) is 0 Å². The maximum absolute atomic E-state index is 4.58. The summed E-state index contributed by atoms with van der Waals surface area (Å²) in [5.41, 5.74) is 4.32. The topological polar surface area (TPSA) is 6.48 Å². The molecule has 31 heavy (non-hydrogen) atoms. The van der Waals surface area contributed by atoms with Crippen LogP contribution in [-0.2, 0) is 20.0 Å². The van der Waals surface area contributed by atoms with Gasteiger partial charge in [0, 0.05) is 11.7 Å². The molecule has 0 aromatic heterocycles. The third kappa shape index (κ3) is 8.14. The first-order valence-corrected chi connectivity index (χ1v) is 15.1. The van der Waals surface area contributed by atoms with E-state index in [1.165, 1.54) is 87.4 Å². The Kier molecular flexibility index (Phi) is 12.7. The minimum absolute atomic E-state index is 0.529. The van der Waals surface area contributed by atoms with E-state index in [1.807, 2.05) is 0 Å². The number of halogens is 1. The van der Waals surface area contributed by atoms with E-state index < -0.39 is 0 Å². The Bertz CT molecular complexity index is 620. The summed E-state index contributed by atoms with van der Waals surface area (Å²) in [5, 5.41) is 0. The Morgan fingerprint density at radius 3 is 1.68 bits per heavy atom. The number of anilines is 1. The molecule has 0 N–H and O–H groups in total. The van der Waals surface area contributed by atoms with Crippen LogP contribution in [0.25, 0.3) is 0 Å². The molecule has 4 heteroatoms.